The summed E-state index contributed by atoms with van der Waals surface area (Å²) in [5, 5.41) is 8.71. The van der Waals surface area contributed by atoms with E-state index in [0.29, 0.717) is 40.0 Å². The average molecular weight is 465 g/mol. The molecule has 4 heterocycles. The van der Waals surface area contributed by atoms with E-state index >= 15 is 0 Å². The molecule has 3 aromatic heterocycles. The van der Waals surface area contributed by atoms with E-state index in [1.807, 2.05) is 42.5 Å². The number of hydrogen-bond acceptors (Lipinski definition) is 7. The quantitative estimate of drug-likeness (QED) is 0.295. The number of nitrogens with zero attached hydrogens (tertiary/aromatic N) is 4. The molecule has 1 aliphatic rings. The summed E-state index contributed by atoms with van der Waals surface area (Å²) in [7, 11) is 0. The van der Waals surface area contributed by atoms with Gasteiger partial charge in [0.15, 0.2) is 0 Å². The zero-order chi connectivity index (χ0) is 22.5. The Kier molecular flexibility index (Phi) is 6.87. The van der Waals surface area contributed by atoms with Crippen molar-refractivity contribution < 1.29 is 14.7 Å². The molecule has 1 N–H and O–H groups in total. The molecule has 1 fully saturated rings. The predicted molar refractivity (Wildman–Crippen MR) is 129 cm³/mol. The topological polar surface area (TPSA) is 96.3 Å². The highest BCUT2D eigenvalue weighted by Crippen LogP contribution is 2.32. The van der Waals surface area contributed by atoms with E-state index < -0.39 is 5.97 Å². The Morgan fingerprint density at radius 3 is 2.72 bits per heavy atom. The van der Waals surface area contributed by atoms with Crippen molar-refractivity contribution in [1.82, 2.24) is 19.9 Å². The van der Waals surface area contributed by atoms with Crippen LogP contribution >= 0.6 is 24.0 Å². The lowest BCUT2D eigenvalue weighted by Crippen LogP contribution is -2.29. The molecule has 0 aliphatic carbocycles. The summed E-state index contributed by atoms with van der Waals surface area (Å²) in [5.74, 6) is -0.941. The maximum absolute atomic E-state index is 12.8. The summed E-state index contributed by atoms with van der Waals surface area (Å²) in [6.45, 7) is 0.490. The van der Waals surface area contributed by atoms with E-state index in [-0.39, 0.29) is 12.3 Å². The van der Waals surface area contributed by atoms with Crippen LogP contribution in [0.4, 0.5) is 0 Å². The van der Waals surface area contributed by atoms with E-state index in [4.69, 9.17) is 17.3 Å². The second kappa shape index (κ2) is 9.97. The maximum Gasteiger partial charge on any atom is 0.303 e. The number of thiocarbonyl (C=S) groups is 1. The van der Waals surface area contributed by atoms with Crippen LogP contribution in [0.3, 0.4) is 0 Å². The molecule has 0 bridgehead atoms. The molecule has 1 amide bonds. The number of fused-ring (bicyclic) bond motifs is 1. The third kappa shape index (κ3) is 5.17. The van der Waals surface area contributed by atoms with Crippen molar-refractivity contribution in [2.75, 3.05) is 6.54 Å². The van der Waals surface area contributed by atoms with E-state index in [1.165, 1.54) is 11.8 Å². The molecule has 3 aromatic rings. The van der Waals surface area contributed by atoms with Gasteiger partial charge in [-0.3, -0.25) is 19.5 Å². The normalized spacial score (nSPS) is 15.1. The van der Waals surface area contributed by atoms with Crippen molar-refractivity contribution in [1.29, 1.82) is 0 Å². The standard InChI is InChI=1S/C23H20N4O3S2/c28-21(29)9-2-1-3-13-27-22(30)20(32-23(27)31)14-15-6-4-7-18(25-15)19-11-10-16-17(26-19)8-5-12-24-16/h4-8,10-12,14H,1-3,9,13H2,(H,28,29)/b20-14-. The number of unbranched alkanes of at least 4 members (excludes halogenated alkanes) is 2. The van der Waals surface area contributed by atoms with Gasteiger partial charge in [0.05, 0.1) is 33.0 Å². The first-order valence-corrected chi connectivity index (χ1v) is 11.4. The number of pyridine rings is 3. The largest absolute Gasteiger partial charge is 0.481 e. The number of carbonyl (C=O) groups excluding carboxylic acids is 1. The van der Waals surface area contributed by atoms with Crippen molar-refractivity contribution in [3.8, 4) is 11.4 Å². The SMILES string of the molecule is O=C(O)CCCCCN1C(=O)/C(=C/c2cccc(-c3ccc4ncccc4n3)n2)SC1=S. The summed E-state index contributed by atoms with van der Waals surface area (Å²) >= 11 is 6.63. The number of hydrogen-bond donors (Lipinski definition) is 1. The molecule has 7 nitrogen and oxygen atoms in total. The lowest BCUT2D eigenvalue weighted by atomic mass is 10.2. The summed E-state index contributed by atoms with van der Waals surface area (Å²) in [6, 6.07) is 13.1. The summed E-state index contributed by atoms with van der Waals surface area (Å²) in [4.78, 5) is 39.1. The van der Waals surface area contributed by atoms with Crippen molar-refractivity contribution in [3.63, 3.8) is 0 Å². The summed E-state index contributed by atoms with van der Waals surface area (Å²) in [5.41, 5.74) is 3.70. The molecular formula is C23H20N4O3S2. The van der Waals surface area contributed by atoms with E-state index in [2.05, 4.69) is 15.0 Å². The Morgan fingerprint density at radius 1 is 1.03 bits per heavy atom. The van der Waals surface area contributed by atoms with Crippen molar-refractivity contribution in [2.24, 2.45) is 0 Å². The first kappa shape index (κ1) is 22.0. The number of amides is 1. The summed E-state index contributed by atoms with van der Waals surface area (Å²) < 4.78 is 0.513. The molecule has 1 saturated heterocycles. The Morgan fingerprint density at radius 2 is 1.88 bits per heavy atom. The van der Waals surface area contributed by atoms with Crippen LogP contribution in [-0.2, 0) is 9.59 Å². The molecule has 0 saturated carbocycles. The second-order valence-corrected chi connectivity index (χ2v) is 8.90. The third-order valence-corrected chi connectivity index (χ3v) is 6.29. The maximum atomic E-state index is 12.8. The van der Waals surface area contributed by atoms with Crippen LogP contribution in [0.1, 0.15) is 31.4 Å². The van der Waals surface area contributed by atoms with Gasteiger partial charge >= 0.3 is 5.97 Å². The minimum atomic E-state index is -0.802. The van der Waals surface area contributed by atoms with Gasteiger partial charge in [0.1, 0.15) is 4.32 Å². The van der Waals surface area contributed by atoms with Gasteiger partial charge in [-0.2, -0.15) is 0 Å². The van der Waals surface area contributed by atoms with Gasteiger partial charge in [-0.15, -0.1) is 0 Å². The predicted octanol–water partition coefficient (Wildman–Crippen LogP) is 4.54. The van der Waals surface area contributed by atoms with Crippen LogP contribution in [0, 0.1) is 0 Å². The number of aromatic nitrogens is 3. The monoisotopic (exact) mass is 464 g/mol. The van der Waals surface area contributed by atoms with Crippen LogP contribution in [0.5, 0.6) is 0 Å². The smallest absolute Gasteiger partial charge is 0.303 e. The van der Waals surface area contributed by atoms with Crippen molar-refractivity contribution >= 4 is 57.3 Å². The van der Waals surface area contributed by atoms with Gasteiger partial charge in [-0.05, 0) is 55.3 Å². The van der Waals surface area contributed by atoms with Crippen LogP contribution in [-0.4, -0.2) is 47.7 Å². The molecule has 1 aliphatic heterocycles. The van der Waals surface area contributed by atoms with E-state index in [0.717, 1.165) is 23.1 Å². The molecule has 0 unspecified atom stereocenters. The lowest BCUT2D eigenvalue weighted by Gasteiger charge is -2.13. The highest BCUT2D eigenvalue weighted by molar-refractivity contribution is 8.26. The molecule has 0 radical (unpaired) electrons. The van der Waals surface area contributed by atoms with Gasteiger partial charge < -0.3 is 5.11 Å². The highest BCUT2D eigenvalue weighted by atomic mass is 32.2. The number of carbonyl (C=O) groups is 2. The zero-order valence-electron chi connectivity index (χ0n) is 17.1. The van der Waals surface area contributed by atoms with Crippen LogP contribution < -0.4 is 0 Å². The highest BCUT2D eigenvalue weighted by Gasteiger charge is 2.31. The molecule has 32 heavy (non-hydrogen) atoms. The van der Waals surface area contributed by atoms with Gasteiger partial charge in [-0.1, -0.05) is 36.5 Å². The van der Waals surface area contributed by atoms with Crippen LogP contribution in [0.25, 0.3) is 28.5 Å². The lowest BCUT2D eigenvalue weighted by molar-refractivity contribution is -0.137. The van der Waals surface area contributed by atoms with Gasteiger partial charge in [0, 0.05) is 19.2 Å². The van der Waals surface area contributed by atoms with Gasteiger partial charge in [0.2, 0.25) is 0 Å². The first-order valence-electron chi connectivity index (χ1n) is 10.2. The molecule has 0 aromatic carbocycles. The minimum absolute atomic E-state index is 0.139. The molecule has 0 atom stereocenters. The Balaban J connectivity index is 1.47. The van der Waals surface area contributed by atoms with E-state index in [1.54, 1.807) is 17.2 Å². The minimum Gasteiger partial charge on any atom is -0.481 e. The fourth-order valence-corrected chi connectivity index (χ4v) is 4.62. The fraction of sp³-hybridized carbons (Fsp3) is 0.217. The Hall–Kier alpha value is -3.17. The average Bonchev–Trinajstić information content (AvgIpc) is 3.05. The number of carboxylic acid groups (broad SMARTS) is 1. The first-order chi connectivity index (χ1) is 15.5. The number of thioether (sulfide) groups is 1. The van der Waals surface area contributed by atoms with Gasteiger partial charge in [0.25, 0.3) is 5.91 Å². The molecule has 162 valence electrons. The number of rotatable bonds is 8. The van der Waals surface area contributed by atoms with Crippen molar-refractivity contribution in [3.05, 3.63) is 59.3 Å². The molecule has 4 rings (SSSR count). The number of carboxylic acids is 1. The Labute approximate surface area is 194 Å². The second-order valence-electron chi connectivity index (χ2n) is 7.22. The summed E-state index contributed by atoms with van der Waals surface area (Å²) in [6.07, 6.45) is 5.66. The third-order valence-electron chi connectivity index (χ3n) is 4.91. The van der Waals surface area contributed by atoms with Crippen LogP contribution in [0.2, 0.25) is 0 Å². The van der Waals surface area contributed by atoms with Crippen molar-refractivity contribution in [2.45, 2.75) is 25.7 Å². The fourth-order valence-electron chi connectivity index (χ4n) is 3.32. The Bertz CT molecular complexity index is 1230. The molecular weight excluding hydrogens is 444 g/mol. The number of aliphatic carboxylic acids is 1. The molecule has 0 spiro atoms. The zero-order valence-corrected chi connectivity index (χ0v) is 18.7. The van der Waals surface area contributed by atoms with Crippen LogP contribution in [0.15, 0.2) is 53.6 Å². The van der Waals surface area contributed by atoms with E-state index in [9.17, 15) is 9.59 Å². The molecule has 9 heteroatoms. The van der Waals surface area contributed by atoms with Gasteiger partial charge in [-0.25, -0.2) is 9.97 Å².